The molecule has 0 bridgehead atoms. The number of nitrogens with one attached hydrogen (secondary N) is 2. The first-order valence-electron chi connectivity index (χ1n) is 6.81. The van der Waals surface area contributed by atoms with Crippen molar-refractivity contribution in [2.24, 2.45) is 11.0 Å². The highest BCUT2D eigenvalue weighted by atomic mass is 16.3. The molecule has 1 aromatic rings. The molecule has 108 valence electrons. The third kappa shape index (κ3) is 4.22. The number of rotatable bonds is 3. The Morgan fingerprint density at radius 2 is 2.30 bits per heavy atom. The second-order valence-electron chi connectivity index (χ2n) is 5.08. The Balaban J connectivity index is 1.76. The first-order chi connectivity index (χ1) is 9.65. The predicted octanol–water partition coefficient (Wildman–Crippen LogP) is 1.58. The van der Waals surface area contributed by atoms with Gasteiger partial charge in [-0.3, -0.25) is 9.59 Å². The van der Waals surface area contributed by atoms with Gasteiger partial charge in [-0.1, -0.05) is 6.92 Å². The number of hydrogen-bond donors (Lipinski definition) is 2. The maximum atomic E-state index is 11.6. The van der Waals surface area contributed by atoms with Crippen LogP contribution >= 0.6 is 0 Å². The van der Waals surface area contributed by atoms with Crippen LogP contribution in [0.4, 0.5) is 0 Å². The summed E-state index contributed by atoms with van der Waals surface area (Å²) < 4.78 is 5.06. The van der Waals surface area contributed by atoms with E-state index in [0.29, 0.717) is 11.7 Å². The molecule has 2 rings (SSSR count). The molecule has 0 saturated heterocycles. The number of furan rings is 1. The molecular formula is C14H19N3O3. The van der Waals surface area contributed by atoms with Gasteiger partial charge in [-0.15, -0.1) is 0 Å². The van der Waals surface area contributed by atoms with E-state index in [0.717, 1.165) is 25.0 Å². The van der Waals surface area contributed by atoms with E-state index in [-0.39, 0.29) is 6.54 Å². The van der Waals surface area contributed by atoms with Gasteiger partial charge >= 0.3 is 11.8 Å². The van der Waals surface area contributed by atoms with Crippen molar-refractivity contribution in [3.63, 3.8) is 0 Å². The molecule has 0 aliphatic heterocycles. The Kier molecular flexibility index (Phi) is 4.92. The molecule has 1 aliphatic rings. The minimum absolute atomic E-state index is 0.187. The van der Waals surface area contributed by atoms with Gasteiger partial charge in [-0.25, -0.2) is 5.43 Å². The zero-order valence-electron chi connectivity index (χ0n) is 11.5. The average molecular weight is 277 g/mol. The van der Waals surface area contributed by atoms with Crippen LogP contribution in [0.5, 0.6) is 0 Å². The fourth-order valence-electron chi connectivity index (χ4n) is 2.20. The molecule has 0 radical (unpaired) electrons. The summed E-state index contributed by atoms with van der Waals surface area (Å²) in [6, 6.07) is 3.44. The summed E-state index contributed by atoms with van der Waals surface area (Å²) in [6.45, 7) is 2.35. The predicted molar refractivity (Wildman–Crippen MR) is 73.8 cm³/mol. The van der Waals surface area contributed by atoms with Crippen LogP contribution in [0.3, 0.4) is 0 Å². The minimum Gasteiger partial charge on any atom is -0.467 e. The van der Waals surface area contributed by atoms with E-state index in [9.17, 15) is 9.59 Å². The summed E-state index contributed by atoms with van der Waals surface area (Å²) >= 11 is 0. The van der Waals surface area contributed by atoms with Gasteiger partial charge in [0.25, 0.3) is 0 Å². The molecule has 1 aromatic heterocycles. The maximum Gasteiger partial charge on any atom is 0.329 e. The molecule has 1 fully saturated rings. The van der Waals surface area contributed by atoms with E-state index in [1.54, 1.807) is 12.1 Å². The van der Waals surface area contributed by atoms with Crippen LogP contribution in [0, 0.1) is 5.92 Å². The highest BCUT2D eigenvalue weighted by Crippen LogP contribution is 2.20. The summed E-state index contributed by atoms with van der Waals surface area (Å²) in [6.07, 6.45) is 5.56. The molecule has 1 aliphatic carbocycles. The van der Waals surface area contributed by atoms with Gasteiger partial charge < -0.3 is 9.73 Å². The molecule has 6 nitrogen and oxygen atoms in total. The molecule has 1 heterocycles. The number of nitrogens with zero attached hydrogens (tertiary/aromatic N) is 1. The molecule has 20 heavy (non-hydrogen) atoms. The van der Waals surface area contributed by atoms with Gasteiger partial charge in [-0.2, -0.15) is 5.10 Å². The van der Waals surface area contributed by atoms with Crippen molar-refractivity contribution in [1.29, 1.82) is 0 Å². The lowest BCUT2D eigenvalue weighted by molar-refractivity contribution is -0.139. The fraction of sp³-hybridized carbons (Fsp3) is 0.500. The van der Waals surface area contributed by atoms with Crippen molar-refractivity contribution in [1.82, 2.24) is 10.7 Å². The molecule has 0 unspecified atom stereocenters. The van der Waals surface area contributed by atoms with Crippen molar-refractivity contribution in [3.8, 4) is 0 Å². The van der Waals surface area contributed by atoms with Crippen LogP contribution in [0.25, 0.3) is 0 Å². The maximum absolute atomic E-state index is 11.6. The summed E-state index contributed by atoms with van der Waals surface area (Å²) in [5.41, 5.74) is 3.26. The molecule has 1 saturated carbocycles. The number of carbonyl (C=O) groups is 2. The van der Waals surface area contributed by atoms with Crippen molar-refractivity contribution < 1.29 is 14.0 Å². The Morgan fingerprint density at radius 1 is 1.45 bits per heavy atom. The van der Waals surface area contributed by atoms with Crippen molar-refractivity contribution in [2.45, 2.75) is 39.2 Å². The molecular weight excluding hydrogens is 258 g/mol. The molecule has 1 atom stereocenters. The monoisotopic (exact) mass is 277 g/mol. The van der Waals surface area contributed by atoms with E-state index in [2.05, 4.69) is 22.8 Å². The average Bonchev–Trinajstić information content (AvgIpc) is 2.95. The van der Waals surface area contributed by atoms with Crippen molar-refractivity contribution >= 4 is 17.5 Å². The molecule has 6 heteroatoms. The molecule has 2 amide bonds. The van der Waals surface area contributed by atoms with Crippen LogP contribution < -0.4 is 10.7 Å². The third-order valence-electron chi connectivity index (χ3n) is 3.27. The van der Waals surface area contributed by atoms with E-state index < -0.39 is 11.8 Å². The standard InChI is InChI=1S/C14H19N3O3/c1-10-4-2-5-11(8-10)16-17-14(19)13(18)15-9-12-6-3-7-20-12/h3,6-7,10H,2,4-5,8-9H2,1H3,(H,15,18)(H,17,19)/b16-11+/t10-/m1/s1. The van der Waals surface area contributed by atoms with E-state index in [1.165, 1.54) is 12.7 Å². The quantitative estimate of drug-likeness (QED) is 0.650. The number of hydrogen-bond acceptors (Lipinski definition) is 4. The molecule has 2 N–H and O–H groups in total. The van der Waals surface area contributed by atoms with E-state index in [4.69, 9.17) is 4.42 Å². The highest BCUT2D eigenvalue weighted by molar-refractivity contribution is 6.35. The van der Waals surface area contributed by atoms with Gasteiger partial charge in [0, 0.05) is 5.71 Å². The van der Waals surface area contributed by atoms with E-state index >= 15 is 0 Å². The van der Waals surface area contributed by atoms with Gasteiger partial charge in [0.05, 0.1) is 12.8 Å². The normalized spacial score (nSPS) is 20.6. The van der Waals surface area contributed by atoms with Gasteiger partial charge in [0.1, 0.15) is 5.76 Å². The second-order valence-corrected chi connectivity index (χ2v) is 5.08. The minimum atomic E-state index is -0.748. The number of amides is 2. The van der Waals surface area contributed by atoms with Crippen molar-refractivity contribution in [3.05, 3.63) is 24.2 Å². The zero-order chi connectivity index (χ0) is 14.4. The summed E-state index contributed by atoms with van der Waals surface area (Å²) in [7, 11) is 0. The zero-order valence-corrected chi connectivity index (χ0v) is 11.5. The number of hydrazone groups is 1. The van der Waals surface area contributed by atoms with E-state index in [1.807, 2.05) is 0 Å². The van der Waals surface area contributed by atoms with Gasteiger partial charge in [-0.05, 0) is 43.7 Å². The lowest BCUT2D eigenvalue weighted by Crippen LogP contribution is -2.37. The Labute approximate surface area is 117 Å². The number of carbonyl (C=O) groups excluding carboxylic acids is 2. The lowest BCUT2D eigenvalue weighted by atomic mass is 9.89. The third-order valence-corrected chi connectivity index (χ3v) is 3.27. The van der Waals surface area contributed by atoms with Crippen LogP contribution in [-0.2, 0) is 16.1 Å². The SMILES string of the molecule is C[C@@H]1CCC/C(=N\NC(=O)C(=O)NCc2ccco2)C1. The molecule has 0 aromatic carbocycles. The van der Waals surface area contributed by atoms with Crippen LogP contribution in [0.1, 0.15) is 38.4 Å². The summed E-state index contributed by atoms with van der Waals surface area (Å²) in [4.78, 5) is 23.1. The first-order valence-corrected chi connectivity index (χ1v) is 6.81. The van der Waals surface area contributed by atoms with Crippen LogP contribution in [0.2, 0.25) is 0 Å². The Bertz CT molecular complexity index is 494. The first kappa shape index (κ1) is 14.3. The van der Waals surface area contributed by atoms with Gasteiger partial charge in [0.15, 0.2) is 0 Å². The highest BCUT2D eigenvalue weighted by Gasteiger charge is 2.16. The van der Waals surface area contributed by atoms with Crippen LogP contribution in [-0.4, -0.2) is 17.5 Å². The van der Waals surface area contributed by atoms with Crippen molar-refractivity contribution in [2.75, 3.05) is 0 Å². The van der Waals surface area contributed by atoms with Crippen LogP contribution in [0.15, 0.2) is 27.9 Å². The topological polar surface area (TPSA) is 83.7 Å². The Hall–Kier alpha value is -2.11. The van der Waals surface area contributed by atoms with Gasteiger partial charge in [0.2, 0.25) is 0 Å². The fourth-order valence-corrected chi connectivity index (χ4v) is 2.20. The summed E-state index contributed by atoms with van der Waals surface area (Å²) in [5.74, 6) is -0.275. The lowest BCUT2D eigenvalue weighted by Gasteiger charge is -2.18. The smallest absolute Gasteiger partial charge is 0.329 e. The summed E-state index contributed by atoms with van der Waals surface area (Å²) in [5, 5.41) is 6.50. The largest absolute Gasteiger partial charge is 0.467 e. The Morgan fingerprint density at radius 3 is 3.00 bits per heavy atom. The molecule has 0 spiro atoms. The second kappa shape index (κ2) is 6.88.